The van der Waals surface area contributed by atoms with Crippen molar-refractivity contribution in [3.63, 3.8) is 0 Å². The third kappa shape index (κ3) is 9.77. The molecule has 4 heteroatoms. The van der Waals surface area contributed by atoms with Crippen LogP contribution in [0.3, 0.4) is 0 Å². The van der Waals surface area contributed by atoms with Crippen LogP contribution >= 0.6 is 0 Å². The highest BCUT2D eigenvalue weighted by Crippen LogP contribution is 2.25. The van der Waals surface area contributed by atoms with Gasteiger partial charge in [-0.3, -0.25) is 0 Å². The summed E-state index contributed by atoms with van der Waals surface area (Å²) in [5.74, 6) is -0.231. The van der Waals surface area contributed by atoms with E-state index in [1.165, 1.54) is 64.2 Å². The second-order valence-electron chi connectivity index (χ2n) is 8.65. The molecule has 0 spiro atoms. The summed E-state index contributed by atoms with van der Waals surface area (Å²) in [6, 6.07) is 6.67. The van der Waals surface area contributed by atoms with Gasteiger partial charge in [0.25, 0.3) is 0 Å². The molecule has 1 aliphatic rings. The smallest absolute Gasteiger partial charge is 0.338 e. The highest BCUT2D eigenvalue weighted by Gasteiger charge is 2.18. The number of carbonyl (C=O) groups excluding carboxylic acids is 2. The highest BCUT2D eigenvalue weighted by molar-refractivity contribution is 5.95. The number of ether oxygens (including phenoxy) is 2. The van der Waals surface area contributed by atoms with Crippen molar-refractivity contribution in [1.29, 1.82) is 0 Å². The zero-order chi connectivity index (χ0) is 21.4. The first-order valence-electron chi connectivity index (χ1n) is 12.1. The lowest BCUT2D eigenvalue weighted by Gasteiger charge is -2.10. The molecule has 0 radical (unpaired) electrons. The third-order valence-corrected chi connectivity index (χ3v) is 5.99. The van der Waals surface area contributed by atoms with Gasteiger partial charge in [0.1, 0.15) is 0 Å². The first-order valence-corrected chi connectivity index (χ1v) is 12.1. The molecule has 0 amide bonds. The molecule has 1 aromatic rings. The van der Waals surface area contributed by atoms with Gasteiger partial charge in [0, 0.05) is 0 Å². The lowest BCUT2D eigenvalue weighted by Crippen LogP contribution is -2.13. The van der Waals surface area contributed by atoms with E-state index in [4.69, 9.17) is 9.47 Å². The van der Waals surface area contributed by atoms with Crippen molar-refractivity contribution >= 4 is 11.9 Å². The summed E-state index contributed by atoms with van der Waals surface area (Å²) in [5, 5.41) is 0. The Bertz CT molecular complexity index is 619. The van der Waals surface area contributed by atoms with E-state index in [2.05, 4.69) is 6.92 Å². The van der Waals surface area contributed by atoms with Crippen LogP contribution < -0.4 is 0 Å². The predicted octanol–water partition coefficient (Wildman–Crippen LogP) is 7.11. The summed E-state index contributed by atoms with van der Waals surface area (Å²) in [4.78, 5) is 24.5. The third-order valence-electron chi connectivity index (χ3n) is 5.99. The first-order chi connectivity index (χ1) is 14.7. The fourth-order valence-corrected chi connectivity index (χ4v) is 4.06. The van der Waals surface area contributed by atoms with E-state index in [1.54, 1.807) is 24.3 Å². The maximum absolute atomic E-state index is 12.3. The van der Waals surface area contributed by atoms with Crippen molar-refractivity contribution < 1.29 is 19.1 Å². The van der Waals surface area contributed by atoms with Gasteiger partial charge in [-0.25, -0.2) is 9.59 Å². The highest BCUT2D eigenvalue weighted by atomic mass is 16.5. The Kier molecular flexibility index (Phi) is 12.2. The molecule has 4 nitrogen and oxygen atoms in total. The van der Waals surface area contributed by atoms with Crippen LogP contribution in [0, 0.1) is 5.92 Å². The minimum Gasteiger partial charge on any atom is -0.462 e. The van der Waals surface area contributed by atoms with E-state index in [-0.39, 0.29) is 11.9 Å². The van der Waals surface area contributed by atoms with Gasteiger partial charge in [-0.2, -0.15) is 0 Å². The van der Waals surface area contributed by atoms with E-state index in [0.717, 1.165) is 25.7 Å². The summed E-state index contributed by atoms with van der Waals surface area (Å²) < 4.78 is 10.8. The largest absolute Gasteiger partial charge is 0.462 e. The Labute approximate surface area is 182 Å². The zero-order valence-corrected chi connectivity index (χ0v) is 18.8. The Hall–Kier alpha value is -1.84. The van der Waals surface area contributed by atoms with Gasteiger partial charge in [-0.05, 0) is 43.4 Å². The van der Waals surface area contributed by atoms with Gasteiger partial charge >= 0.3 is 11.9 Å². The second kappa shape index (κ2) is 15.0. The van der Waals surface area contributed by atoms with Gasteiger partial charge < -0.3 is 9.47 Å². The minimum absolute atomic E-state index is 0.355. The fraction of sp³-hybridized carbons (Fsp3) is 0.692. The van der Waals surface area contributed by atoms with Crippen LogP contribution in [-0.4, -0.2) is 25.2 Å². The van der Waals surface area contributed by atoms with Crippen molar-refractivity contribution in [2.45, 2.75) is 96.8 Å². The topological polar surface area (TPSA) is 52.6 Å². The number of esters is 2. The number of benzene rings is 1. The van der Waals surface area contributed by atoms with Crippen LogP contribution in [0.4, 0.5) is 0 Å². The van der Waals surface area contributed by atoms with Gasteiger partial charge in [-0.15, -0.1) is 0 Å². The quantitative estimate of drug-likeness (QED) is 0.226. The van der Waals surface area contributed by atoms with Crippen LogP contribution in [0.2, 0.25) is 0 Å². The molecule has 1 fully saturated rings. The van der Waals surface area contributed by atoms with Gasteiger partial charge in [0.05, 0.1) is 24.3 Å². The summed E-state index contributed by atoms with van der Waals surface area (Å²) in [6.07, 6.45) is 17.2. The molecule has 0 aromatic heterocycles. The van der Waals surface area contributed by atoms with Crippen molar-refractivity contribution in [3.8, 4) is 0 Å². The van der Waals surface area contributed by atoms with E-state index < -0.39 is 0 Å². The molecule has 0 heterocycles. The molecular weight excluding hydrogens is 376 g/mol. The predicted molar refractivity (Wildman–Crippen MR) is 121 cm³/mol. The number of rotatable bonds is 15. The van der Waals surface area contributed by atoms with Crippen molar-refractivity contribution in [2.75, 3.05) is 13.2 Å². The maximum Gasteiger partial charge on any atom is 0.338 e. The lowest BCUT2D eigenvalue weighted by atomic mass is 10.1. The van der Waals surface area contributed by atoms with Gasteiger partial charge in [-0.1, -0.05) is 83.6 Å². The summed E-state index contributed by atoms with van der Waals surface area (Å²) in [5.41, 5.74) is 0.832. The lowest BCUT2D eigenvalue weighted by molar-refractivity contribution is 0.0442. The fourth-order valence-electron chi connectivity index (χ4n) is 4.06. The molecule has 2 rings (SSSR count). The Morgan fingerprint density at radius 1 is 0.800 bits per heavy atom. The average molecular weight is 417 g/mol. The molecule has 1 saturated carbocycles. The van der Waals surface area contributed by atoms with Crippen molar-refractivity contribution in [1.82, 2.24) is 0 Å². The van der Waals surface area contributed by atoms with E-state index in [9.17, 15) is 9.59 Å². The molecule has 1 aliphatic carbocycles. The van der Waals surface area contributed by atoms with E-state index in [1.807, 2.05) is 0 Å². The molecule has 0 saturated heterocycles. The summed E-state index contributed by atoms with van der Waals surface area (Å²) in [6.45, 7) is 3.16. The Morgan fingerprint density at radius 2 is 1.33 bits per heavy atom. The standard InChI is InChI=1S/C26H40O4/c1-2-3-4-5-6-7-8-9-10-13-19-29-25(27)23-17-14-18-24(20-23)26(28)30-21-22-15-11-12-16-22/h14,17-18,20,22H,2-13,15-16,19,21H2,1H3. The normalized spacial score (nSPS) is 14.0. The maximum atomic E-state index is 12.3. The first kappa shape index (κ1) is 24.4. The van der Waals surface area contributed by atoms with E-state index in [0.29, 0.717) is 30.3 Å². The molecule has 0 bridgehead atoms. The van der Waals surface area contributed by atoms with Crippen LogP contribution in [0.1, 0.15) is 118 Å². The molecule has 168 valence electrons. The summed E-state index contributed by atoms with van der Waals surface area (Å²) >= 11 is 0. The van der Waals surface area contributed by atoms with Gasteiger partial charge in [0.15, 0.2) is 0 Å². The molecule has 0 unspecified atom stereocenters. The molecule has 0 aliphatic heterocycles. The molecule has 0 atom stereocenters. The van der Waals surface area contributed by atoms with E-state index >= 15 is 0 Å². The second-order valence-corrected chi connectivity index (χ2v) is 8.65. The number of hydrogen-bond donors (Lipinski definition) is 0. The van der Waals surface area contributed by atoms with Crippen LogP contribution in [0.15, 0.2) is 24.3 Å². The number of hydrogen-bond acceptors (Lipinski definition) is 4. The van der Waals surface area contributed by atoms with Crippen LogP contribution in [0.25, 0.3) is 0 Å². The van der Waals surface area contributed by atoms with Crippen LogP contribution in [-0.2, 0) is 9.47 Å². The minimum atomic E-state index is -0.364. The average Bonchev–Trinajstić information content (AvgIpc) is 3.29. The van der Waals surface area contributed by atoms with Crippen LogP contribution in [0.5, 0.6) is 0 Å². The number of carbonyl (C=O) groups is 2. The number of unbranched alkanes of at least 4 members (excludes halogenated alkanes) is 9. The molecule has 1 aromatic carbocycles. The Balaban J connectivity index is 1.57. The zero-order valence-electron chi connectivity index (χ0n) is 18.8. The van der Waals surface area contributed by atoms with Crippen molar-refractivity contribution in [2.24, 2.45) is 5.92 Å². The molecular formula is C26H40O4. The SMILES string of the molecule is CCCCCCCCCCCCOC(=O)c1cccc(C(=O)OCC2CCCC2)c1. The summed E-state index contributed by atoms with van der Waals surface area (Å²) in [7, 11) is 0. The van der Waals surface area contributed by atoms with Gasteiger partial charge in [0.2, 0.25) is 0 Å². The Morgan fingerprint density at radius 3 is 1.93 bits per heavy atom. The molecule has 0 N–H and O–H groups in total. The molecule has 30 heavy (non-hydrogen) atoms. The van der Waals surface area contributed by atoms with Crippen molar-refractivity contribution in [3.05, 3.63) is 35.4 Å². The monoisotopic (exact) mass is 416 g/mol.